The van der Waals surface area contributed by atoms with E-state index in [1.165, 1.54) is 11.3 Å². The SMILES string of the molecule is CCOc1ccc(N[C@@H](C)C(=O)Nc2nc(C)cs2)cc1. The Bertz CT molecular complexity index is 595. The number of amides is 1. The average molecular weight is 305 g/mol. The fourth-order valence-electron chi connectivity index (χ4n) is 1.75. The van der Waals surface area contributed by atoms with Crippen molar-refractivity contribution in [1.82, 2.24) is 4.98 Å². The molecule has 0 spiro atoms. The van der Waals surface area contributed by atoms with Gasteiger partial charge in [0.1, 0.15) is 11.8 Å². The van der Waals surface area contributed by atoms with Gasteiger partial charge < -0.3 is 15.4 Å². The second-order valence-corrected chi connectivity index (χ2v) is 5.46. The second kappa shape index (κ2) is 7.08. The highest BCUT2D eigenvalue weighted by atomic mass is 32.1. The molecule has 1 aromatic carbocycles. The van der Waals surface area contributed by atoms with Gasteiger partial charge in [-0.2, -0.15) is 0 Å². The molecule has 0 fully saturated rings. The van der Waals surface area contributed by atoms with Gasteiger partial charge in [0.2, 0.25) is 5.91 Å². The molecule has 5 nitrogen and oxygen atoms in total. The van der Waals surface area contributed by atoms with E-state index in [2.05, 4.69) is 15.6 Å². The number of ether oxygens (including phenoxy) is 1. The van der Waals surface area contributed by atoms with Gasteiger partial charge in [-0.05, 0) is 45.0 Å². The number of nitrogens with zero attached hydrogens (tertiary/aromatic N) is 1. The summed E-state index contributed by atoms with van der Waals surface area (Å²) in [6.07, 6.45) is 0. The van der Waals surface area contributed by atoms with Gasteiger partial charge in [0, 0.05) is 11.1 Å². The van der Waals surface area contributed by atoms with E-state index < -0.39 is 0 Å². The Morgan fingerprint density at radius 1 is 1.38 bits per heavy atom. The standard InChI is InChI=1S/C15H19N3O2S/c1-4-20-13-7-5-12(6-8-13)17-11(3)14(19)18-15-16-10(2)9-21-15/h5-9,11,17H,4H2,1-3H3,(H,16,18,19)/t11-/m0/s1. The minimum atomic E-state index is -0.354. The van der Waals surface area contributed by atoms with Crippen molar-refractivity contribution >= 4 is 28.1 Å². The van der Waals surface area contributed by atoms with E-state index in [4.69, 9.17) is 4.74 Å². The van der Waals surface area contributed by atoms with Gasteiger partial charge in [-0.1, -0.05) is 0 Å². The van der Waals surface area contributed by atoms with Gasteiger partial charge in [-0.25, -0.2) is 4.98 Å². The van der Waals surface area contributed by atoms with Crippen LogP contribution in [-0.4, -0.2) is 23.5 Å². The Hall–Kier alpha value is -2.08. The zero-order valence-electron chi connectivity index (χ0n) is 12.3. The normalized spacial score (nSPS) is 11.8. The third-order valence-corrected chi connectivity index (χ3v) is 3.67. The van der Waals surface area contributed by atoms with Crippen molar-refractivity contribution in [3.8, 4) is 5.75 Å². The minimum Gasteiger partial charge on any atom is -0.494 e. The van der Waals surface area contributed by atoms with Crippen LogP contribution >= 0.6 is 11.3 Å². The molecule has 1 atom stereocenters. The summed E-state index contributed by atoms with van der Waals surface area (Å²) in [5.41, 5.74) is 1.78. The van der Waals surface area contributed by atoms with Crippen molar-refractivity contribution in [2.24, 2.45) is 0 Å². The molecule has 0 aliphatic carbocycles. The van der Waals surface area contributed by atoms with E-state index in [0.717, 1.165) is 17.1 Å². The van der Waals surface area contributed by atoms with Crippen LogP contribution in [0.4, 0.5) is 10.8 Å². The van der Waals surface area contributed by atoms with Crippen LogP contribution in [0.1, 0.15) is 19.5 Å². The largest absolute Gasteiger partial charge is 0.494 e. The lowest BCUT2D eigenvalue weighted by Crippen LogP contribution is -2.31. The number of benzene rings is 1. The summed E-state index contributed by atoms with van der Waals surface area (Å²) in [6.45, 7) is 6.29. The third-order valence-electron chi connectivity index (χ3n) is 2.79. The first-order valence-electron chi connectivity index (χ1n) is 6.81. The highest BCUT2D eigenvalue weighted by Crippen LogP contribution is 2.18. The smallest absolute Gasteiger partial charge is 0.248 e. The van der Waals surface area contributed by atoms with Crippen LogP contribution in [0.2, 0.25) is 0 Å². The summed E-state index contributed by atoms with van der Waals surface area (Å²) in [5, 5.41) is 8.47. The molecule has 0 unspecified atom stereocenters. The van der Waals surface area contributed by atoms with E-state index in [1.807, 2.05) is 50.4 Å². The quantitative estimate of drug-likeness (QED) is 0.859. The lowest BCUT2D eigenvalue weighted by atomic mass is 10.2. The molecule has 112 valence electrons. The fourth-order valence-corrected chi connectivity index (χ4v) is 2.45. The Kier molecular flexibility index (Phi) is 5.16. The molecule has 0 aliphatic rings. The van der Waals surface area contributed by atoms with Crippen LogP contribution < -0.4 is 15.4 Å². The van der Waals surface area contributed by atoms with Crippen molar-refractivity contribution in [3.63, 3.8) is 0 Å². The number of thiazole rings is 1. The molecule has 2 aromatic rings. The van der Waals surface area contributed by atoms with Crippen LogP contribution in [0.25, 0.3) is 0 Å². The molecule has 1 heterocycles. The summed E-state index contributed by atoms with van der Waals surface area (Å²) in [7, 11) is 0. The predicted octanol–water partition coefficient (Wildman–Crippen LogP) is 3.29. The molecular weight excluding hydrogens is 286 g/mol. The minimum absolute atomic E-state index is 0.113. The number of hydrogen-bond acceptors (Lipinski definition) is 5. The number of carbonyl (C=O) groups is 1. The first-order chi connectivity index (χ1) is 10.1. The Balaban J connectivity index is 1.90. The van der Waals surface area contributed by atoms with E-state index >= 15 is 0 Å². The lowest BCUT2D eigenvalue weighted by Gasteiger charge is -2.14. The molecule has 0 saturated heterocycles. The van der Waals surface area contributed by atoms with E-state index in [1.54, 1.807) is 0 Å². The van der Waals surface area contributed by atoms with Crippen molar-refractivity contribution < 1.29 is 9.53 Å². The Labute approximate surface area is 128 Å². The molecular formula is C15H19N3O2S. The van der Waals surface area contributed by atoms with Crippen molar-refractivity contribution in [2.45, 2.75) is 26.8 Å². The van der Waals surface area contributed by atoms with Crippen LogP contribution in [-0.2, 0) is 4.79 Å². The molecule has 21 heavy (non-hydrogen) atoms. The van der Waals surface area contributed by atoms with Crippen LogP contribution in [0.3, 0.4) is 0 Å². The number of hydrogen-bond donors (Lipinski definition) is 2. The van der Waals surface area contributed by atoms with Gasteiger partial charge in [0.05, 0.1) is 12.3 Å². The number of anilines is 2. The number of nitrogens with one attached hydrogen (secondary N) is 2. The van der Waals surface area contributed by atoms with Crippen molar-refractivity contribution in [2.75, 3.05) is 17.2 Å². The molecule has 0 bridgehead atoms. The Morgan fingerprint density at radius 2 is 2.10 bits per heavy atom. The summed E-state index contributed by atoms with van der Waals surface area (Å²) in [4.78, 5) is 16.3. The number of aromatic nitrogens is 1. The first-order valence-corrected chi connectivity index (χ1v) is 7.69. The molecule has 2 N–H and O–H groups in total. The highest BCUT2D eigenvalue weighted by molar-refractivity contribution is 7.13. The molecule has 0 radical (unpaired) electrons. The monoisotopic (exact) mass is 305 g/mol. The Morgan fingerprint density at radius 3 is 2.67 bits per heavy atom. The molecule has 1 aromatic heterocycles. The molecule has 6 heteroatoms. The highest BCUT2D eigenvalue weighted by Gasteiger charge is 2.14. The maximum atomic E-state index is 12.1. The average Bonchev–Trinajstić information content (AvgIpc) is 2.86. The van der Waals surface area contributed by atoms with Gasteiger partial charge in [0.15, 0.2) is 5.13 Å². The van der Waals surface area contributed by atoms with E-state index in [9.17, 15) is 4.79 Å². The number of rotatable bonds is 6. The maximum absolute atomic E-state index is 12.1. The summed E-state index contributed by atoms with van der Waals surface area (Å²) >= 11 is 1.42. The van der Waals surface area contributed by atoms with Crippen molar-refractivity contribution in [1.29, 1.82) is 0 Å². The first kappa shape index (κ1) is 15.3. The topological polar surface area (TPSA) is 63.2 Å². The number of carbonyl (C=O) groups excluding carboxylic acids is 1. The summed E-state index contributed by atoms with van der Waals surface area (Å²) in [5.74, 6) is 0.705. The fraction of sp³-hybridized carbons (Fsp3) is 0.333. The zero-order valence-corrected chi connectivity index (χ0v) is 13.2. The lowest BCUT2D eigenvalue weighted by molar-refractivity contribution is -0.116. The van der Waals surface area contributed by atoms with Crippen LogP contribution in [0.5, 0.6) is 5.75 Å². The summed E-state index contributed by atoms with van der Waals surface area (Å²) < 4.78 is 5.38. The number of aryl methyl sites for hydroxylation is 1. The molecule has 0 saturated carbocycles. The maximum Gasteiger partial charge on any atom is 0.248 e. The summed E-state index contributed by atoms with van der Waals surface area (Å²) in [6, 6.07) is 7.18. The predicted molar refractivity (Wildman–Crippen MR) is 86.2 cm³/mol. The van der Waals surface area contributed by atoms with Crippen LogP contribution in [0, 0.1) is 6.92 Å². The van der Waals surface area contributed by atoms with Gasteiger partial charge in [-0.3, -0.25) is 4.79 Å². The molecule has 0 aliphatic heterocycles. The molecule has 1 amide bonds. The van der Waals surface area contributed by atoms with E-state index in [0.29, 0.717) is 11.7 Å². The van der Waals surface area contributed by atoms with Gasteiger partial charge in [-0.15, -0.1) is 11.3 Å². The van der Waals surface area contributed by atoms with Crippen molar-refractivity contribution in [3.05, 3.63) is 35.3 Å². The second-order valence-electron chi connectivity index (χ2n) is 4.61. The zero-order chi connectivity index (χ0) is 15.2. The van der Waals surface area contributed by atoms with Gasteiger partial charge in [0.25, 0.3) is 0 Å². The van der Waals surface area contributed by atoms with Crippen LogP contribution in [0.15, 0.2) is 29.6 Å². The molecule has 2 rings (SSSR count). The van der Waals surface area contributed by atoms with Gasteiger partial charge >= 0.3 is 0 Å². The third kappa shape index (κ3) is 4.46. The van der Waals surface area contributed by atoms with E-state index in [-0.39, 0.29) is 11.9 Å².